The van der Waals surface area contributed by atoms with Crippen molar-refractivity contribution in [3.05, 3.63) is 65.6 Å². The highest BCUT2D eigenvalue weighted by molar-refractivity contribution is 5.97. The molecule has 6 rings (SSSR count). The fraction of sp³-hybridized carbons (Fsp3) is 0.357. The quantitative estimate of drug-likeness (QED) is 0.348. The Kier molecular flexibility index (Phi) is 6.63. The van der Waals surface area contributed by atoms with Crippen LogP contribution in [0.1, 0.15) is 41.6 Å². The summed E-state index contributed by atoms with van der Waals surface area (Å²) in [5.74, 6) is 0.374. The van der Waals surface area contributed by atoms with Gasteiger partial charge in [-0.25, -0.2) is 4.39 Å². The van der Waals surface area contributed by atoms with E-state index in [2.05, 4.69) is 25.7 Å². The lowest BCUT2D eigenvalue weighted by atomic mass is 10.0. The summed E-state index contributed by atoms with van der Waals surface area (Å²) in [6.07, 6.45) is 5.71. The molecule has 3 heterocycles. The second kappa shape index (κ2) is 10.4. The van der Waals surface area contributed by atoms with E-state index < -0.39 is 5.82 Å². The van der Waals surface area contributed by atoms with E-state index >= 15 is 0 Å². The van der Waals surface area contributed by atoms with E-state index in [0.29, 0.717) is 29.6 Å². The highest BCUT2D eigenvalue weighted by Gasteiger charge is 2.25. The molecule has 0 bridgehead atoms. The molecule has 2 aromatic carbocycles. The molecule has 9 nitrogen and oxygen atoms in total. The number of aromatic nitrogens is 4. The van der Waals surface area contributed by atoms with Crippen molar-refractivity contribution < 1.29 is 18.7 Å². The maximum Gasteiger partial charge on any atom is 0.327 e. The lowest BCUT2D eigenvalue weighted by molar-refractivity contribution is 0.0699. The normalized spacial score (nSPS) is 15.9. The first-order chi connectivity index (χ1) is 18.5. The lowest BCUT2D eigenvalue weighted by Gasteiger charge is -2.22. The molecule has 2 aromatic heterocycles. The van der Waals surface area contributed by atoms with Crippen LogP contribution in [0.4, 0.5) is 10.3 Å². The molecule has 1 saturated carbocycles. The van der Waals surface area contributed by atoms with Gasteiger partial charge in [0.05, 0.1) is 6.20 Å². The molecule has 1 amide bonds. The molecule has 0 unspecified atom stereocenters. The number of aryl methyl sites for hydroxylation is 1. The zero-order valence-corrected chi connectivity index (χ0v) is 21.1. The van der Waals surface area contributed by atoms with Crippen LogP contribution in [-0.4, -0.2) is 51.3 Å². The summed E-state index contributed by atoms with van der Waals surface area (Å²) in [6, 6.07) is 12.1. The molecule has 1 aliphatic heterocycles. The number of carbonyl (C=O) groups is 1. The maximum absolute atomic E-state index is 14.3. The first-order valence-corrected chi connectivity index (χ1v) is 13.0. The number of halogens is 1. The molecular weight excluding hydrogens is 487 g/mol. The minimum absolute atomic E-state index is 0.0102. The predicted octanol–water partition coefficient (Wildman–Crippen LogP) is 4.76. The van der Waals surface area contributed by atoms with Crippen molar-refractivity contribution in [2.24, 2.45) is 5.92 Å². The number of rotatable bonds is 8. The second-order valence-corrected chi connectivity index (χ2v) is 9.87. The summed E-state index contributed by atoms with van der Waals surface area (Å²) >= 11 is 0. The largest absolute Gasteiger partial charge is 0.421 e. The molecule has 4 aromatic rings. The van der Waals surface area contributed by atoms with Crippen LogP contribution in [0, 0.1) is 18.7 Å². The fourth-order valence-corrected chi connectivity index (χ4v) is 4.61. The van der Waals surface area contributed by atoms with E-state index in [9.17, 15) is 9.18 Å². The maximum atomic E-state index is 14.3. The highest BCUT2D eigenvalue weighted by Crippen LogP contribution is 2.30. The number of benzene rings is 2. The number of carbonyl (C=O) groups excluding carboxylic acids is 1. The fourth-order valence-electron chi connectivity index (χ4n) is 4.61. The van der Waals surface area contributed by atoms with Crippen molar-refractivity contribution in [3.8, 4) is 22.9 Å². The van der Waals surface area contributed by atoms with Crippen LogP contribution in [0.3, 0.4) is 0 Å². The van der Waals surface area contributed by atoms with Crippen LogP contribution in [0.15, 0.2) is 48.7 Å². The third kappa shape index (κ3) is 5.17. The van der Waals surface area contributed by atoms with Crippen LogP contribution < -0.4 is 15.4 Å². The SMILES string of the molecule is Cc1cc(-c2cnn3c(NCC4CCOCC4)nc(Oc4ccccc4F)nc23)ccc1C(=O)NC1CC1. The molecule has 10 heteroatoms. The summed E-state index contributed by atoms with van der Waals surface area (Å²) in [7, 11) is 0. The molecule has 2 aliphatic rings. The van der Waals surface area contributed by atoms with E-state index in [1.165, 1.54) is 12.1 Å². The molecule has 2 N–H and O–H groups in total. The van der Waals surface area contributed by atoms with Gasteiger partial charge in [-0.2, -0.15) is 19.6 Å². The van der Waals surface area contributed by atoms with Gasteiger partial charge in [-0.15, -0.1) is 0 Å². The van der Waals surface area contributed by atoms with Crippen LogP contribution in [-0.2, 0) is 4.74 Å². The van der Waals surface area contributed by atoms with Crippen LogP contribution in [0.2, 0.25) is 0 Å². The van der Waals surface area contributed by atoms with Gasteiger partial charge in [0, 0.05) is 36.9 Å². The van der Waals surface area contributed by atoms with Crippen molar-refractivity contribution in [1.82, 2.24) is 24.9 Å². The van der Waals surface area contributed by atoms with E-state index in [-0.39, 0.29) is 23.7 Å². The second-order valence-electron chi connectivity index (χ2n) is 9.87. The predicted molar refractivity (Wildman–Crippen MR) is 140 cm³/mol. The first-order valence-electron chi connectivity index (χ1n) is 13.0. The number of amides is 1. The summed E-state index contributed by atoms with van der Waals surface area (Å²) < 4.78 is 27.2. The van der Waals surface area contributed by atoms with Crippen molar-refractivity contribution in [2.75, 3.05) is 25.1 Å². The van der Waals surface area contributed by atoms with E-state index in [0.717, 1.165) is 55.6 Å². The molecule has 0 radical (unpaired) electrons. The van der Waals surface area contributed by atoms with E-state index in [1.54, 1.807) is 22.8 Å². The Hall–Kier alpha value is -4.05. The third-order valence-corrected chi connectivity index (χ3v) is 6.97. The number of anilines is 1. The van der Waals surface area contributed by atoms with Gasteiger partial charge < -0.3 is 20.1 Å². The van der Waals surface area contributed by atoms with Crippen LogP contribution in [0.5, 0.6) is 11.8 Å². The van der Waals surface area contributed by atoms with Gasteiger partial charge in [0.2, 0.25) is 5.95 Å². The number of nitrogens with zero attached hydrogens (tertiary/aromatic N) is 4. The lowest BCUT2D eigenvalue weighted by Crippen LogP contribution is -2.26. The van der Waals surface area contributed by atoms with Crippen molar-refractivity contribution in [3.63, 3.8) is 0 Å². The minimum atomic E-state index is -0.503. The number of hydrogen-bond donors (Lipinski definition) is 2. The number of para-hydroxylation sites is 1. The highest BCUT2D eigenvalue weighted by atomic mass is 19.1. The molecule has 0 atom stereocenters. The van der Waals surface area contributed by atoms with Gasteiger partial charge in [-0.3, -0.25) is 4.79 Å². The zero-order chi connectivity index (χ0) is 26.1. The average Bonchev–Trinajstić information content (AvgIpc) is 3.64. The molecule has 0 spiro atoms. The number of nitrogens with one attached hydrogen (secondary N) is 2. The summed E-state index contributed by atoms with van der Waals surface area (Å²) in [5.41, 5.74) is 3.61. The molecule has 1 saturated heterocycles. The zero-order valence-electron chi connectivity index (χ0n) is 21.1. The molecule has 196 valence electrons. The van der Waals surface area contributed by atoms with Crippen molar-refractivity contribution in [1.29, 1.82) is 0 Å². The number of fused-ring (bicyclic) bond motifs is 1. The standard InChI is InChI=1S/C28H29FN6O3/c1-17-14-19(6-9-21(17)26(36)32-20-7-8-20)22-16-31-35-25(22)33-28(38-24-5-3-2-4-23(24)29)34-27(35)30-15-18-10-12-37-13-11-18/h2-6,9,14,16,18,20H,7-8,10-13,15H2,1H3,(H,32,36)(H,30,33,34). The van der Waals surface area contributed by atoms with Crippen molar-refractivity contribution >= 4 is 17.5 Å². The van der Waals surface area contributed by atoms with Gasteiger partial charge in [0.1, 0.15) is 0 Å². The monoisotopic (exact) mass is 516 g/mol. The molecule has 1 aliphatic carbocycles. The van der Waals surface area contributed by atoms with Crippen molar-refractivity contribution in [2.45, 2.75) is 38.6 Å². The third-order valence-electron chi connectivity index (χ3n) is 6.97. The molecule has 38 heavy (non-hydrogen) atoms. The van der Waals surface area contributed by atoms with E-state index in [4.69, 9.17) is 9.47 Å². The number of ether oxygens (including phenoxy) is 2. The number of hydrogen-bond acceptors (Lipinski definition) is 7. The van der Waals surface area contributed by atoms with E-state index in [1.807, 2.05) is 25.1 Å². The van der Waals surface area contributed by atoms with Crippen LogP contribution in [0.25, 0.3) is 16.8 Å². The average molecular weight is 517 g/mol. The Balaban J connectivity index is 1.35. The smallest absolute Gasteiger partial charge is 0.327 e. The Labute approximate surface area is 219 Å². The summed E-state index contributed by atoms with van der Waals surface area (Å²) in [5, 5.41) is 11.0. The van der Waals surface area contributed by atoms with Gasteiger partial charge in [-0.1, -0.05) is 24.3 Å². The Morgan fingerprint density at radius 2 is 1.95 bits per heavy atom. The molecule has 2 fully saturated rings. The topological polar surface area (TPSA) is 103 Å². The Morgan fingerprint density at radius 1 is 1.13 bits per heavy atom. The van der Waals surface area contributed by atoms with Gasteiger partial charge in [0.15, 0.2) is 17.2 Å². The minimum Gasteiger partial charge on any atom is -0.421 e. The van der Waals surface area contributed by atoms with Gasteiger partial charge >= 0.3 is 6.01 Å². The Bertz CT molecular complexity index is 1480. The summed E-state index contributed by atoms with van der Waals surface area (Å²) in [6.45, 7) is 4.09. The van der Waals surface area contributed by atoms with Gasteiger partial charge in [-0.05, 0) is 67.9 Å². The Morgan fingerprint density at radius 3 is 2.71 bits per heavy atom. The first kappa shape index (κ1) is 24.3. The van der Waals surface area contributed by atoms with Gasteiger partial charge in [0.25, 0.3) is 5.91 Å². The summed E-state index contributed by atoms with van der Waals surface area (Å²) in [4.78, 5) is 21.7. The molecular formula is C28H29FN6O3. The van der Waals surface area contributed by atoms with Crippen LogP contribution >= 0.6 is 0 Å².